The Morgan fingerprint density at radius 2 is 1.73 bits per heavy atom. The Morgan fingerprint density at radius 1 is 1.03 bits per heavy atom. The SMILES string of the molecule is CCOc1ccc(-n2c(SCC(=O)Nc3ccc(C)c(F)c3)nnc2-c2ccc(C(C)(C)C)cc2)cc1. The summed E-state index contributed by atoms with van der Waals surface area (Å²) >= 11 is 1.27. The van der Waals surface area contributed by atoms with Gasteiger partial charge in [0.1, 0.15) is 11.6 Å². The lowest BCUT2D eigenvalue weighted by Crippen LogP contribution is -2.14. The molecular formula is C29H31FN4O2S. The van der Waals surface area contributed by atoms with Crippen molar-refractivity contribution >= 4 is 23.4 Å². The highest BCUT2D eigenvalue weighted by atomic mass is 32.2. The zero-order valence-electron chi connectivity index (χ0n) is 21.7. The van der Waals surface area contributed by atoms with Gasteiger partial charge in [0.15, 0.2) is 11.0 Å². The summed E-state index contributed by atoms with van der Waals surface area (Å²) in [4.78, 5) is 12.6. The third-order valence-electron chi connectivity index (χ3n) is 5.84. The van der Waals surface area contributed by atoms with E-state index in [1.807, 2.05) is 47.9 Å². The molecule has 0 atom stereocenters. The van der Waals surface area contributed by atoms with Gasteiger partial charge >= 0.3 is 0 Å². The van der Waals surface area contributed by atoms with E-state index in [1.54, 1.807) is 19.1 Å². The number of aromatic nitrogens is 3. The van der Waals surface area contributed by atoms with E-state index >= 15 is 0 Å². The molecule has 0 aliphatic heterocycles. The largest absolute Gasteiger partial charge is 0.494 e. The number of anilines is 1. The van der Waals surface area contributed by atoms with Crippen molar-refractivity contribution in [1.29, 1.82) is 0 Å². The van der Waals surface area contributed by atoms with Crippen molar-refractivity contribution in [3.63, 3.8) is 0 Å². The first-order valence-electron chi connectivity index (χ1n) is 12.1. The van der Waals surface area contributed by atoms with E-state index < -0.39 is 0 Å². The van der Waals surface area contributed by atoms with Crippen LogP contribution >= 0.6 is 11.8 Å². The van der Waals surface area contributed by atoms with Gasteiger partial charge in [-0.3, -0.25) is 9.36 Å². The molecule has 4 aromatic rings. The number of aryl methyl sites for hydroxylation is 1. The van der Waals surface area contributed by atoms with Gasteiger partial charge in [0, 0.05) is 16.9 Å². The summed E-state index contributed by atoms with van der Waals surface area (Å²) in [5.74, 6) is 0.920. The second-order valence-corrected chi connectivity index (χ2v) is 10.6. The van der Waals surface area contributed by atoms with E-state index in [1.165, 1.54) is 23.4 Å². The Kier molecular flexibility index (Phi) is 7.97. The van der Waals surface area contributed by atoms with Gasteiger partial charge in [-0.2, -0.15) is 0 Å². The van der Waals surface area contributed by atoms with Gasteiger partial charge in [0.25, 0.3) is 0 Å². The Balaban J connectivity index is 1.61. The third-order valence-corrected chi connectivity index (χ3v) is 6.77. The van der Waals surface area contributed by atoms with Crippen molar-refractivity contribution in [3.8, 4) is 22.8 Å². The minimum Gasteiger partial charge on any atom is -0.494 e. The second-order valence-electron chi connectivity index (χ2n) is 9.70. The molecule has 0 spiro atoms. The van der Waals surface area contributed by atoms with Crippen LogP contribution in [0.25, 0.3) is 17.1 Å². The van der Waals surface area contributed by atoms with Crippen molar-refractivity contribution in [2.45, 2.75) is 45.2 Å². The summed E-state index contributed by atoms with van der Waals surface area (Å²) < 4.78 is 21.4. The maximum atomic E-state index is 13.9. The minimum atomic E-state index is -0.359. The summed E-state index contributed by atoms with van der Waals surface area (Å²) in [5.41, 5.74) is 3.98. The van der Waals surface area contributed by atoms with Gasteiger partial charge in [0.05, 0.1) is 12.4 Å². The molecule has 192 valence electrons. The van der Waals surface area contributed by atoms with Gasteiger partial charge in [-0.1, -0.05) is 62.9 Å². The van der Waals surface area contributed by atoms with Crippen LogP contribution in [-0.2, 0) is 10.2 Å². The zero-order chi connectivity index (χ0) is 26.6. The molecule has 1 heterocycles. The molecule has 0 radical (unpaired) electrons. The number of rotatable bonds is 8. The molecule has 0 fully saturated rings. The van der Waals surface area contributed by atoms with Crippen LogP contribution in [0.15, 0.2) is 71.9 Å². The average Bonchev–Trinajstić information content (AvgIpc) is 3.29. The molecule has 4 rings (SSSR count). The van der Waals surface area contributed by atoms with Gasteiger partial charge in [-0.05, 0) is 66.8 Å². The molecule has 0 aliphatic rings. The molecule has 37 heavy (non-hydrogen) atoms. The number of halogens is 1. The van der Waals surface area contributed by atoms with Crippen molar-refractivity contribution in [2.75, 3.05) is 17.7 Å². The van der Waals surface area contributed by atoms with E-state index in [2.05, 4.69) is 48.4 Å². The molecule has 6 nitrogen and oxygen atoms in total. The number of hydrogen-bond acceptors (Lipinski definition) is 5. The summed E-state index contributed by atoms with van der Waals surface area (Å²) in [6.07, 6.45) is 0. The van der Waals surface area contributed by atoms with E-state index in [-0.39, 0.29) is 22.9 Å². The number of benzene rings is 3. The number of hydrogen-bond donors (Lipinski definition) is 1. The molecule has 1 amide bonds. The van der Waals surface area contributed by atoms with E-state index in [0.717, 1.165) is 17.0 Å². The summed E-state index contributed by atoms with van der Waals surface area (Å²) in [6, 6.07) is 20.6. The quantitative estimate of drug-likeness (QED) is 0.260. The first-order valence-corrected chi connectivity index (χ1v) is 13.1. The van der Waals surface area contributed by atoms with Crippen LogP contribution in [0.5, 0.6) is 5.75 Å². The van der Waals surface area contributed by atoms with E-state index in [9.17, 15) is 9.18 Å². The number of thioether (sulfide) groups is 1. The predicted octanol–water partition coefficient (Wildman–Crippen LogP) is 6.81. The first kappa shape index (κ1) is 26.4. The van der Waals surface area contributed by atoms with Crippen LogP contribution in [0.4, 0.5) is 10.1 Å². The van der Waals surface area contributed by atoms with Crippen molar-refractivity contribution in [3.05, 3.63) is 83.7 Å². The second kappa shape index (κ2) is 11.2. The highest BCUT2D eigenvalue weighted by Crippen LogP contribution is 2.31. The number of nitrogens with one attached hydrogen (secondary N) is 1. The number of carbonyl (C=O) groups excluding carboxylic acids is 1. The fraction of sp³-hybridized carbons (Fsp3) is 0.276. The van der Waals surface area contributed by atoms with Gasteiger partial charge in [-0.25, -0.2) is 4.39 Å². The minimum absolute atomic E-state index is 0.0377. The van der Waals surface area contributed by atoms with Crippen LogP contribution in [-0.4, -0.2) is 33.0 Å². The fourth-order valence-electron chi connectivity index (χ4n) is 3.76. The number of carbonyl (C=O) groups is 1. The topological polar surface area (TPSA) is 69.0 Å². The standard InChI is InChI=1S/C29H31FN4O2S/c1-6-36-24-15-13-23(14-16-24)34-27(20-8-10-21(11-9-20)29(3,4)5)32-33-28(34)37-18-26(35)31-22-12-7-19(2)25(30)17-22/h7-17H,6,18H2,1-5H3,(H,31,35). The van der Waals surface area contributed by atoms with Crippen LogP contribution < -0.4 is 10.1 Å². The van der Waals surface area contributed by atoms with Crippen molar-refractivity contribution < 1.29 is 13.9 Å². The Labute approximate surface area is 221 Å². The van der Waals surface area contributed by atoms with Crippen LogP contribution in [0.3, 0.4) is 0 Å². The lowest BCUT2D eigenvalue weighted by molar-refractivity contribution is -0.113. The summed E-state index contributed by atoms with van der Waals surface area (Å²) in [7, 11) is 0. The van der Waals surface area contributed by atoms with Crippen molar-refractivity contribution in [1.82, 2.24) is 14.8 Å². The lowest BCUT2D eigenvalue weighted by Gasteiger charge is -2.19. The molecular weight excluding hydrogens is 487 g/mol. The number of amides is 1. The molecule has 0 unspecified atom stereocenters. The fourth-order valence-corrected chi connectivity index (χ4v) is 4.51. The summed E-state index contributed by atoms with van der Waals surface area (Å²) in [5, 5.41) is 12.2. The van der Waals surface area contributed by atoms with Crippen LogP contribution in [0.2, 0.25) is 0 Å². The molecule has 0 saturated heterocycles. The molecule has 0 bridgehead atoms. The lowest BCUT2D eigenvalue weighted by atomic mass is 9.87. The zero-order valence-corrected chi connectivity index (χ0v) is 22.5. The predicted molar refractivity (Wildman–Crippen MR) is 147 cm³/mol. The van der Waals surface area contributed by atoms with E-state index in [0.29, 0.717) is 28.8 Å². The third kappa shape index (κ3) is 6.38. The maximum Gasteiger partial charge on any atom is 0.234 e. The Bertz CT molecular complexity index is 1380. The highest BCUT2D eigenvalue weighted by molar-refractivity contribution is 7.99. The number of nitrogens with zero attached hydrogens (tertiary/aromatic N) is 3. The van der Waals surface area contributed by atoms with Gasteiger partial charge < -0.3 is 10.1 Å². The van der Waals surface area contributed by atoms with Crippen molar-refractivity contribution in [2.24, 2.45) is 0 Å². The average molecular weight is 519 g/mol. The molecule has 8 heteroatoms. The normalized spacial score (nSPS) is 11.4. The molecule has 0 saturated carbocycles. The highest BCUT2D eigenvalue weighted by Gasteiger charge is 2.19. The van der Waals surface area contributed by atoms with Gasteiger partial charge in [-0.15, -0.1) is 10.2 Å². The van der Waals surface area contributed by atoms with Crippen LogP contribution in [0, 0.1) is 12.7 Å². The van der Waals surface area contributed by atoms with Crippen LogP contribution in [0.1, 0.15) is 38.8 Å². The van der Waals surface area contributed by atoms with E-state index in [4.69, 9.17) is 4.74 Å². The molecule has 1 N–H and O–H groups in total. The number of ether oxygens (including phenoxy) is 1. The summed E-state index contributed by atoms with van der Waals surface area (Å²) in [6.45, 7) is 10.7. The molecule has 1 aromatic heterocycles. The van der Waals surface area contributed by atoms with Gasteiger partial charge in [0.2, 0.25) is 5.91 Å². The molecule has 3 aromatic carbocycles. The Morgan fingerprint density at radius 3 is 2.35 bits per heavy atom. The maximum absolute atomic E-state index is 13.9. The molecule has 0 aliphatic carbocycles. The smallest absolute Gasteiger partial charge is 0.234 e. The Hall–Kier alpha value is -3.65. The monoisotopic (exact) mass is 518 g/mol. The first-order chi connectivity index (χ1) is 17.7.